The second-order valence-corrected chi connectivity index (χ2v) is 6.93. The lowest BCUT2D eigenvalue weighted by molar-refractivity contribution is 0.232. The first-order valence-electron chi connectivity index (χ1n) is 7.67. The van der Waals surface area contributed by atoms with E-state index in [0.717, 1.165) is 30.4 Å². The first kappa shape index (κ1) is 13.9. The molecule has 20 heavy (non-hydrogen) atoms. The summed E-state index contributed by atoms with van der Waals surface area (Å²) in [5.74, 6) is 1.25. The first-order chi connectivity index (χ1) is 9.86. The van der Waals surface area contributed by atoms with Crippen molar-refractivity contribution < 1.29 is 0 Å². The molecule has 0 unspecified atom stereocenters. The molecule has 1 aromatic heterocycles. The van der Waals surface area contributed by atoms with E-state index in [9.17, 15) is 0 Å². The van der Waals surface area contributed by atoms with Crippen molar-refractivity contribution >= 4 is 16.9 Å². The van der Waals surface area contributed by atoms with Crippen molar-refractivity contribution in [3.8, 4) is 0 Å². The molecule has 0 saturated heterocycles. The lowest BCUT2D eigenvalue weighted by Crippen LogP contribution is -2.37. The van der Waals surface area contributed by atoms with Gasteiger partial charge in [-0.25, -0.2) is 0 Å². The molecule has 1 saturated carbocycles. The smallest absolute Gasteiger partial charge is 0.156 e. The standard InChI is InChI=1S/C16H23N3S/c1-3-8-16(9-4-1)12-19-15(20-13-16)18-11-7-14-6-2-5-10-17-14/h2,5-6,10H,1,3-4,7-9,11-13H2,(H,18,19). The maximum absolute atomic E-state index is 4.79. The van der Waals surface area contributed by atoms with Crippen LogP contribution in [0.25, 0.3) is 0 Å². The Morgan fingerprint density at radius 2 is 2.10 bits per heavy atom. The van der Waals surface area contributed by atoms with Crippen molar-refractivity contribution in [2.24, 2.45) is 10.4 Å². The Bertz CT molecular complexity index is 452. The van der Waals surface area contributed by atoms with Gasteiger partial charge in [0, 0.05) is 37.2 Å². The van der Waals surface area contributed by atoms with E-state index in [-0.39, 0.29) is 0 Å². The first-order valence-corrected chi connectivity index (χ1v) is 8.66. The Hall–Kier alpha value is -1.03. The number of nitrogens with zero attached hydrogens (tertiary/aromatic N) is 2. The minimum absolute atomic E-state index is 0.523. The number of nitrogens with one attached hydrogen (secondary N) is 1. The Morgan fingerprint density at radius 1 is 1.20 bits per heavy atom. The number of amidine groups is 1. The molecule has 1 aliphatic heterocycles. The second kappa shape index (κ2) is 6.61. The van der Waals surface area contributed by atoms with E-state index < -0.39 is 0 Å². The minimum atomic E-state index is 0.523. The molecule has 3 rings (SSSR count). The van der Waals surface area contributed by atoms with Gasteiger partial charge in [-0.05, 0) is 30.4 Å². The molecule has 2 heterocycles. The van der Waals surface area contributed by atoms with E-state index in [1.807, 2.05) is 30.1 Å². The molecule has 1 aromatic rings. The number of hydrogen-bond acceptors (Lipinski definition) is 4. The van der Waals surface area contributed by atoms with Crippen LogP contribution < -0.4 is 5.32 Å². The quantitative estimate of drug-likeness (QED) is 0.928. The van der Waals surface area contributed by atoms with Gasteiger partial charge in [-0.15, -0.1) is 0 Å². The Kier molecular flexibility index (Phi) is 4.61. The van der Waals surface area contributed by atoms with Gasteiger partial charge in [0.1, 0.15) is 0 Å². The van der Waals surface area contributed by atoms with E-state index in [2.05, 4.69) is 16.4 Å². The molecule has 0 bridgehead atoms. The van der Waals surface area contributed by atoms with Crippen molar-refractivity contribution in [1.82, 2.24) is 10.3 Å². The van der Waals surface area contributed by atoms with Crippen LogP contribution in [0, 0.1) is 5.41 Å². The number of aromatic nitrogens is 1. The molecular formula is C16H23N3S. The third kappa shape index (κ3) is 3.54. The van der Waals surface area contributed by atoms with Crippen LogP contribution in [0.4, 0.5) is 0 Å². The van der Waals surface area contributed by atoms with E-state index >= 15 is 0 Å². The molecule has 3 nitrogen and oxygen atoms in total. The number of thioether (sulfide) groups is 1. The summed E-state index contributed by atoms with van der Waals surface area (Å²) in [5.41, 5.74) is 1.67. The van der Waals surface area contributed by atoms with Crippen molar-refractivity contribution in [3.63, 3.8) is 0 Å². The predicted octanol–water partition coefficient (Wildman–Crippen LogP) is 3.27. The van der Waals surface area contributed by atoms with Crippen LogP contribution in [-0.2, 0) is 6.42 Å². The van der Waals surface area contributed by atoms with E-state index in [1.54, 1.807) is 0 Å². The largest absolute Gasteiger partial charge is 0.365 e. The lowest BCUT2D eigenvalue weighted by Gasteiger charge is -2.38. The Morgan fingerprint density at radius 3 is 2.80 bits per heavy atom. The van der Waals surface area contributed by atoms with Gasteiger partial charge < -0.3 is 5.32 Å². The van der Waals surface area contributed by atoms with Crippen LogP contribution in [0.5, 0.6) is 0 Å². The number of rotatable bonds is 3. The topological polar surface area (TPSA) is 37.3 Å². The zero-order valence-corrected chi connectivity index (χ0v) is 12.8. The molecule has 1 N–H and O–H groups in total. The third-order valence-electron chi connectivity index (χ3n) is 4.37. The summed E-state index contributed by atoms with van der Waals surface area (Å²) in [6, 6.07) is 6.08. The van der Waals surface area contributed by atoms with Gasteiger partial charge >= 0.3 is 0 Å². The summed E-state index contributed by atoms with van der Waals surface area (Å²) in [4.78, 5) is 9.13. The third-order valence-corrected chi connectivity index (χ3v) is 5.67. The van der Waals surface area contributed by atoms with E-state index in [1.165, 1.54) is 37.9 Å². The number of pyridine rings is 1. The normalized spacial score (nSPS) is 21.5. The van der Waals surface area contributed by atoms with Crippen LogP contribution in [0.3, 0.4) is 0 Å². The van der Waals surface area contributed by atoms with Gasteiger partial charge in [-0.2, -0.15) is 0 Å². The highest BCUT2D eigenvalue weighted by Crippen LogP contribution is 2.41. The molecule has 0 aromatic carbocycles. The van der Waals surface area contributed by atoms with Crippen molar-refractivity contribution in [1.29, 1.82) is 0 Å². The Labute approximate surface area is 125 Å². The zero-order valence-electron chi connectivity index (χ0n) is 12.0. The summed E-state index contributed by atoms with van der Waals surface area (Å²) in [6.45, 7) is 1.96. The summed E-state index contributed by atoms with van der Waals surface area (Å²) in [6.07, 6.45) is 9.80. The van der Waals surface area contributed by atoms with Crippen molar-refractivity contribution in [2.75, 3.05) is 18.8 Å². The highest BCUT2D eigenvalue weighted by atomic mass is 32.2. The lowest BCUT2D eigenvalue weighted by atomic mass is 9.75. The molecule has 0 radical (unpaired) electrons. The zero-order chi connectivity index (χ0) is 13.7. The predicted molar refractivity (Wildman–Crippen MR) is 86.2 cm³/mol. The fourth-order valence-corrected chi connectivity index (χ4v) is 4.29. The fourth-order valence-electron chi connectivity index (χ4n) is 3.11. The van der Waals surface area contributed by atoms with Gasteiger partial charge in [-0.3, -0.25) is 9.98 Å². The summed E-state index contributed by atoms with van der Waals surface area (Å²) >= 11 is 1.92. The molecule has 0 atom stereocenters. The molecule has 0 amide bonds. The van der Waals surface area contributed by atoms with Crippen molar-refractivity contribution in [3.05, 3.63) is 30.1 Å². The molecule has 1 aliphatic carbocycles. The monoisotopic (exact) mass is 289 g/mol. The van der Waals surface area contributed by atoms with Gasteiger partial charge in [0.15, 0.2) is 5.17 Å². The molecule has 1 fully saturated rings. The van der Waals surface area contributed by atoms with E-state index in [0.29, 0.717) is 5.41 Å². The number of hydrogen-bond donors (Lipinski definition) is 1. The molecule has 1 spiro atoms. The van der Waals surface area contributed by atoms with Crippen LogP contribution in [-0.4, -0.2) is 29.0 Å². The highest BCUT2D eigenvalue weighted by molar-refractivity contribution is 8.13. The fraction of sp³-hybridized carbons (Fsp3) is 0.625. The summed E-state index contributed by atoms with van der Waals surface area (Å²) < 4.78 is 0. The molecule has 2 aliphatic rings. The maximum atomic E-state index is 4.79. The maximum Gasteiger partial charge on any atom is 0.156 e. The highest BCUT2D eigenvalue weighted by Gasteiger charge is 2.34. The van der Waals surface area contributed by atoms with Gasteiger partial charge in [0.2, 0.25) is 0 Å². The van der Waals surface area contributed by atoms with Crippen LogP contribution in [0.15, 0.2) is 29.4 Å². The van der Waals surface area contributed by atoms with Crippen molar-refractivity contribution in [2.45, 2.75) is 38.5 Å². The van der Waals surface area contributed by atoms with Gasteiger partial charge in [0.05, 0.1) is 0 Å². The van der Waals surface area contributed by atoms with Crippen LogP contribution >= 0.6 is 11.8 Å². The summed E-state index contributed by atoms with van der Waals surface area (Å²) in [5, 5.41) is 4.60. The average molecular weight is 289 g/mol. The van der Waals surface area contributed by atoms with E-state index in [4.69, 9.17) is 4.99 Å². The average Bonchev–Trinajstić information content (AvgIpc) is 2.52. The SMILES string of the molecule is c1ccc(CCNC2=NCC3(CCCCC3)CS2)nc1. The molecular weight excluding hydrogens is 266 g/mol. The second-order valence-electron chi connectivity index (χ2n) is 5.97. The minimum Gasteiger partial charge on any atom is -0.365 e. The van der Waals surface area contributed by atoms with Crippen LogP contribution in [0.1, 0.15) is 37.8 Å². The molecule has 4 heteroatoms. The summed E-state index contributed by atoms with van der Waals surface area (Å²) in [7, 11) is 0. The van der Waals surface area contributed by atoms with Crippen LogP contribution in [0.2, 0.25) is 0 Å². The van der Waals surface area contributed by atoms with Gasteiger partial charge in [-0.1, -0.05) is 37.1 Å². The number of aliphatic imine (C=N–C) groups is 1. The molecule has 108 valence electrons. The Balaban J connectivity index is 1.45. The van der Waals surface area contributed by atoms with Gasteiger partial charge in [0.25, 0.3) is 0 Å².